The van der Waals surface area contributed by atoms with Gasteiger partial charge in [-0.05, 0) is 83.0 Å². The van der Waals surface area contributed by atoms with Gasteiger partial charge < -0.3 is 0 Å². The van der Waals surface area contributed by atoms with Crippen LogP contribution in [0.5, 0.6) is 0 Å². The third kappa shape index (κ3) is 3.55. The van der Waals surface area contributed by atoms with E-state index in [4.69, 9.17) is 11.6 Å². The molecule has 4 heteroatoms. The highest BCUT2D eigenvalue weighted by atomic mass is 127. The molecule has 0 saturated heterocycles. The first-order chi connectivity index (χ1) is 8.90. The third-order valence-electron chi connectivity index (χ3n) is 3.12. The minimum Gasteiger partial charge on any atom is -0.0840 e. The number of alkyl halides is 1. The Labute approximate surface area is 149 Å². The van der Waals surface area contributed by atoms with Crippen molar-refractivity contribution >= 4 is 66.1 Å². The van der Waals surface area contributed by atoms with Gasteiger partial charge in [0.25, 0.3) is 0 Å². The SMILES string of the molecule is Cc1cc(Cl)c(C(Br)c2cc(Br)ccc2I)cc1C. The molecule has 0 heterocycles. The van der Waals surface area contributed by atoms with Gasteiger partial charge in [0.05, 0.1) is 4.83 Å². The molecule has 0 spiro atoms. The highest BCUT2D eigenvalue weighted by Crippen LogP contribution is 2.39. The Balaban J connectivity index is 2.52. The molecule has 2 aromatic rings. The number of halogens is 4. The van der Waals surface area contributed by atoms with Crippen molar-refractivity contribution in [1.82, 2.24) is 0 Å². The van der Waals surface area contributed by atoms with E-state index in [0.29, 0.717) is 0 Å². The highest BCUT2D eigenvalue weighted by molar-refractivity contribution is 14.1. The molecular weight excluding hydrogens is 502 g/mol. The molecule has 100 valence electrons. The Bertz CT molecular complexity index is 626. The molecule has 19 heavy (non-hydrogen) atoms. The van der Waals surface area contributed by atoms with Crippen LogP contribution in [0.2, 0.25) is 5.02 Å². The van der Waals surface area contributed by atoms with Crippen LogP contribution in [0.1, 0.15) is 27.1 Å². The second-order valence-electron chi connectivity index (χ2n) is 4.49. The summed E-state index contributed by atoms with van der Waals surface area (Å²) in [6, 6.07) is 10.5. The molecule has 0 nitrogen and oxygen atoms in total. The maximum atomic E-state index is 6.39. The molecule has 2 aromatic carbocycles. The molecule has 1 atom stereocenters. The van der Waals surface area contributed by atoms with Crippen LogP contribution < -0.4 is 0 Å². The van der Waals surface area contributed by atoms with E-state index >= 15 is 0 Å². The standard InChI is InChI=1S/C15H12Br2ClI/c1-8-5-11(13(18)6-9(8)2)15(17)12-7-10(16)3-4-14(12)19/h3-7,15H,1-2H3. The monoisotopic (exact) mass is 512 g/mol. The molecule has 1 unspecified atom stereocenters. The summed E-state index contributed by atoms with van der Waals surface area (Å²) in [6.07, 6.45) is 0. The van der Waals surface area contributed by atoms with Crippen molar-refractivity contribution in [3.05, 3.63) is 65.7 Å². The number of aryl methyl sites for hydroxylation is 2. The Kier molecular flexibility index (Phi) is 5.37. The van der Waals surface area contributed by atoms with Crippen molar-refractivity contribution in [2.75, 3.05) is 0 Å². The number of hydrogen-bond acceptors (Lipinski definition) is 0. The van der Waals surface area contributed by atoms with E-state index < -0.39 is 0 Å². The molecule has 2 rings (SSSR count). The zero-order chi connectivity index (χ0) is 14.2. The van der Waals surface area contributed by atoms with E-state index in [1.807, 2.05) is 12.1 Å². The van der Waals surface area contributed by atoms with E-state index in [0.717, 1.165) is 15.1 Å². The molecule has 0 aromatic heterocycles. The van der Waals surface area contributed by atoms with Gasteiger partial charge in [-0.15, -0.1) is 0 Å². The zero-order valence-corrected chi connectivity index (χ0v) is 16.6. The second kappa shape index (κ2) is 6.46. The molecule has 0 aliphatic rings. The van der Waals surface area contributed by atoms with E-state index in [1.54, 1.807) is 0 Å². The van der Waals surface area contributed by atoms with Gasteiger partial charge in [-0.25, -0.2) is 0 Å². The Hall–Kier alpha value is 0.420. The molecule has 0 bridgehead atoms. The first kappa shape index (κ1) is 15.8. The van der Waals surface area contributed by atoms with Crippen LogP contribution in [0, 0.1) is 17.4 Å². The highest BCUT2D eigenvalue weighted by Gasteiger charge is 2.17. The van der Waals surface area contributed by atoms with Crippen molar-refractivity contribution < 1.29 is 0 Å². The van der Waals surface area contributed by atoms with Crippen LogP contribution >= 0.6 is 66.1 Å². The summed E-state index contributed by atoms with van der Waals surface area (Å²) in [6.45, 7) is 4.19. The fourth-order valence-electron chi connectivity index (χ4n) is 1.87. The van der Waals surface area contributed by atoms with E-state index in [9.17, 15) is 0 Å². The van der Waals surface area contributed by atoms with Crippen LogP contribution in [0.4, 0.5) is 0 Å². The summed E-state index contributed by atoms with van der Waals surface area (Å²) >= 11 is 16.0. The van der Waals surface area contributed by atoms with Crippen LogP contribution in [0.3, 0.4) is 0 Å². The van der Waals surface area contributed by atoms with Gasteiger partial charge >= 0.3 is 0 Å². The molecular formula is C15H12Br2ClI. The predicted molar refractivity (Wildman–Crippen MR) is 98.6 cm³/mol. The fourth-order valence-corrected chi connectivity index (χ4v) is 4.54. The predicted octanol–water partition coefficient (Wildman–Crippen LogP) is 6.81. The zero-order valence-electron chi connectivity index (χ0n) is 10.5. The maximum Gasteiger partial charge on any atom is 0.0669 e. The topological polar surface area (TPSA) is 0 Å². The summed E-state index contributed by atoms with van der Waals surface area (Å²) in [5.74, 6) is 0. The average Bonchev–Trinajstić information content (AvgIpc) is 2.36. The molecule has 0 radical (unpaired) electrons. The van der Waals surface area contributed by atoms with Gasteiger partial charge in [-0.2, -0.15) is 0 Å². The summed E-state index contributed by atoms with van der Waals surface area (Å²) in [5.41, 5.74) is 4.81. The maximum absolute atomic E-state index is 6.39. The lowest BCUT2D eigenvalue weighted by molar-refractivity contribution is 1.14. The first-order valence-electron chi connectivity index (χ1n) is 5.76. The van der Waals surface area contributed by atoms with Crippen LogP contribution in [0.15, 0.2) is 34.8 Å². The number of benzene rings is 2. The van der Waals surface area contributed by atoms with Gasteiger partial charge in [0.15, 0.2) is 0 Å². The van der Waals surface area contributed by atoms with Gasteiger partial charge in [-0.3, -0.25) is 0 Å². The summed E-state index contributed by atoms with van der Waals surface area (Å²) in [5, 5.41) is 0.806. The summed E-state index contributed by atoms with van der Waals surface area (Å²) in [7, 11) is 0. The normalized spacial score (nSPS) is 12.5. The van der Waals surface area contributed by atoms with Crippen molar-refractivity contribution in [2.24, 2.45) is 0 Å². The van der Waals surface area contributed by atoms with Gasteiger partial charge in [-0.1, -0.05) is 49.5 Å². The van der Waals surface area contributed by atoms with Crippen molar-refractivity contribution in [3.63, 3.8) is 0 Å². The van der Waals surface area contributed by atoms with Crippen molar-refractivity contribution in [2.45, 2.75) is 18.7 Å². The average molecular weight is 514 g/mol. The molecule has 0 aliphatic carbocycles. The minimum absolute atomic E-state index is 0.101. The molecule has 0 aliphatic heterocycles. The van der Waals surface area contributed by atoms with Gasteiger partial charge in [0.1, 0.15) is 0 Å². The van der Waals surface area contributed by atoms with Crippen LogP contribution in [0.25, 0.3) is 0 Å². The lowest BCUT2D eigenvalue weighted by atomic mass is 10.0. The van der Waals surface area contributed by atoms with Crippen LogP contribution in [-0.2, 0) is 0 Å². The minimum atomic E-state index is 0.101. The third-order valence-corrected chi connectivity index (χ3v) is 5.91. The summed E-state index contributed by atoms with van der Waals surface area (Å²) in [4.78, 5) is 0.101. The van der Waals surface area contributed by atoms with E-state index in [-0.39, 0.29) is 4.83 Å². The van der Waals surface area contributed by atoms with Crippen molar-refractivity contribution in [3.8, 4) is 0 Å². The number of hydrogen-bond donors (Lipinski definition) is 0. The Morgan fingerprint density at radius 3 is 2.37 bits per heavy atom. The molecule has 0 saturated carbocycles. The smallest absolute Gasteiger partial charge is 0.0669 e. The van der Waals surface area contributed by atoms with Crippen LogP contribution in [-0.4, -0.2) is 0 Å². The number of rotatable bonds is 2. The van der Waals surface area contributed by atoms with Crippen molar-refractivity contribution in [1.29, 1.82) is 0 Å². The summed E-state index contributed by atoms with van der Waals surface area (Å²) < 4.78 is 2.30. The van der Waals surface area contributed by atoms with E-state index in [1.165, 1.54) is 20.3 Å². The second-order valence-corrected chi connectivity index (χ2v) is 7.89. The van der Waals surface area contributed by atoms with Gasteiger partial charge in [0.2, 0.25) is 0 Å². The van der Waals surface area contributed by atoms with Gasteiger partial charge in [0, 0.05) is 13.1 Å². The molecule has 0 amide bonds. The molecule has 0 fully saturated rings. The Morgan fingerprint density at radius 1 is 1.05 bits per heavy atom. The first-order valence-corrected chi connectivity index (χ1v) is 8.92. The quantitative estimate of drug-likeness (QED) is 0.305. The Morgan fingerprint density at radius 2 is 1.68 bits per heavy atom. The lowest BCUT2D eigenvalue weighted by Crippen LogP contribution is -1.98. The molecule has 0 N–H and O–H groups in total. The largest absolute Gasteiger partial charge is 0.0840 e. The fraction of sp³-hybridized carbons (Fsp3) is 0.200. The lowest BCUT2D eigenvalue weighted by Gasteiger charge is -2.16. The van der Waals surface area contributed by atoms with E-state index in [2.05, 4.69) is 86.5 Å².